The van der Waals surface area contributed by atoms with Crippen LogP contribution in [0, 0.1) is 5.92 Å². The zero-order valence-corrected chi connectivity index (χ0v) is 23.1. The second-order valence-electron chi connectivity index (χ2n) is 9.39. The molecule has 1 aromatic rings. The fourth-order valence-corrected chi connectivity index (χ4v) is 7.38. The van der Waals surface area contributed by atoms with Crippen molar-refractivity contribution < 1.29 is 36.7 Å². The van der Waals surface area contributed by atoms with Gasteiger partial charge in [-0.2, -0.15) is 0 Å². The quantitative estimate of drug-likeness (QED) is 0.276. The molecule has 1 unspecified atom stereocenters. The third kappa shape index (κ3) is 6.37. The number of hydrogen-bond acceptors (Lipinski definition) is 4. The molecule has 0 aromatic heterocycles. The van der Waals surface area contributed by atoms with Crippen molar-refractivity contribution >= 4 is 26.8 Å². The maximum absolute atomic E-state index is 11.9. The van der Waals surface area contributed by atoms with Gasteiger partial charge in [0.25, 0.3) is 0 Å². The number of allylic oxidation sites excluding steroid dienone is 1. The van der Waals surface area contributed by atoms with E-state index in [-0.39, 0.29) is 39.9 Å². The van der Waals surface area contributed by atoms with E-state index in [9.17, 15) is 10.2 Å². The molecule has 7 heteroatoms. The van der Waals surface area contributed by atoms with Crippen molar-refractivity contribution in [2.45, 2.75) is 75.3 Å². The number of benzene rings is 1. The maximum Gasteiger partial charge on any atom is 0.137 e. The standard InChI is InChI=1S/C24H36BrO4S.BrH/c1-16(2)6-11-20-23(3,29-20)22-21(28-4)19(26)12-13-24(22,27)15-30(5)14-17-7-9-18(25)10-8-17;/h6-10,19-22,26-27H,11-15H2,1-5H3;1H/q+1;/p-1/t19-,20-,21-,22-,23+,24+,30?;/m1./s1. The van der Waals surface area contributed by atoms with Gasteiger partial charge in [-0.15, -0.1) is 0 Å². The SMILES string of the molecule is CO[C@@H]1[C@H](O)CC[C@](O)(C[S+](C)Cc2ccc(Br)cc2)[C@H]1[C@@]1(C)O[C@@H]1CC=C(C)C.[Br-]. The van der Waals surface area contributed by atoms with E-state index in [0.29, 0.717) is 18.6 Å². The fraction of sp³-hybridized carbons (Fsp3) is 0.667. The first-order valence-corrected chi connectivity index (χ1v) is 13.4. The van der Waals surface area contributed by atoms with E-state index in [2.05, 4.69) is 73.3 Å². The molecular weight excluding hydrogens is 544 g/mol. The number of rotatable bonds is 8. The van der Waals surface area contributed by atoms with Gasteiger partial charge in [0, 0.05) is 17.1 Å². The summed E-state index contributed by atoms with van der Waals surface area (Å²) in [6, 6.07) is 8.40. The summed E-state index contributed by atoms with van der Waals surface area (Å²) in [6.45, 7) is 6.26. The monoisotopic (exact) mass is 578 g/mol. The van der Waals surface area contributed by atoms with Crippen LogP contribution in [0.15, 0.2) is 40.4 Å². The van der Waals surface area contributed by atoms with Gasteiger partial charge in [0.2, 0.25) is 0 Å². The molecule has 0 radical (unpaired) electrons. The Morgan fingerprint density at radius 1 is 1.32 bits per heavy atom. The van der Waals surface area contributed by atoms with Crippen LogP contribution in [-0.4, -0.2) is 58.8 Å². The molecule has 0 bridgehead atoms. The number of epoxide rings is 1. The molecule has 176 valence electrons. The van der Waals surface area contributed by atoms with Gasteiger partial charge in [0.1, 0.15) is 22.7 Å². The van der Waals surface area contributed by atoms with Crippen LogP contribution in [0.3, 0.4) is 0 Å². The summed E-state index contributed by atoms with van der Waals surface area (Å²) in [6.07, 6.45) is 5.42. The molecule has 1 aliphatic carbocycles. The summed E-state index contributed by atoms with van der Waals surface area (Å²) in [5, 5.41) is 22.6. The Balaban J connectivity index is 0.00000341. The van der Waals surface area contributed by atoms with Crippen LogP contribution < -0.4 is 17.0 Å². The third-order valence-corrected chi connectivity index (χ3v) is 8.94. The van der Waals surface area contributed by atoms with Crippen molar-refractivity contribution in [1.82, 2.24) is 0 Å². The van der Waals surface area contributed by atoms with Crippen molar-refractivity contribution in [3.63, 3.8) is 0 Å². The van der Waals surface area contributed by atoms with Crippen LogP contribution in [0.2, 0.25) is 0 Å². The highest BCUT2D eigenvalue weighted by atomic mass is 79.9. The molecule has 2 fully saturated rings. The number of halogens is 2. The van der Waals surface area contributed by atoms with Gasteiger partial charge in [-0.25, -0.2) is 0 Å². The zero-order chi connectivity index (χ0) is 22.1. The van der Waals surface area contributed by atoms with Crippen LogP contribution in [-0.2, 0) is 26.1 Å². The van der Waals surface area contributed by atoms with E-state index in [1.807, 2.05) is 0 Å². The molecular formula is C24H36Br2O4S. The first-order chi connectivity index (χ1) is 14.1. The number of hydrogen-bond donors (Lipinski definition) is 2. The molecule has 4 nitrogen and oxygen atoms in total. The summed E-state index contributed by atoms with van der Waals surface area (Å²) in [5.41, 5.74) is 1.14. The van der Waals surface area contributed by atoms with Crippen LogP contribution in [0.4, 0.5) is 0 Å². The normalized spacial score (nSPS) is 35.7. The van der Waals surface area contributed by atoms with Crippen LogP contribution in [0.25, 0.3) is 0 Å². The number of aliphatic hydroxyl groups excluding tert-OH is 1. The van der Waals surface area contributed by atoms with Gasteiger partial charge in [0.15, 0.2) is 0 Å². The Bertz CT molecular complexity index is 754. The highest BCUT2D eigenvalue weighted by Gasteiger charge is 2.68. The third-order valence-electron chi connectivity index (χ3n) is 6.59. The Kier molecular flexibility index (Phi) is 9.73. The van der Waals surface area contributed by atoms with E-state index in [4.69, 9.17) is 9.47 Å². The van der Waals surface area contributed by atoms with Crippen LogP contribution in [0.1, 0.15) is 45.6 Å². The summed E-state index contributed by atoms with van der Waals surface area (Å²) >= 11 is 3.49. The molecule has 0 amide bonds. The van der Waals surface area contributed by atoms with Gasteiger partial charge < -0.3 is 36.7 Å². The van der Waals surface area contributed by atoms with E-state index < -0.39 is 23.4 Å². The van der Waals surface area contributed by atoms with Crippen LogP contribution in [0.5, 0.6) is 0 Å². The number of aliphatic hydroxyl groups is 2. The van der Waals surface area contributed by atoms with Gasteiger partial charge in [0.05, 0.1) is 30.5 Å². The van der Waals surface area contributed by atoms with Crippen molar-refractivity contribution in [2.75, 3.05) is 19.1 Å². The Hall–Kier alpha value is 0.110. The maximum atomic E-state index is 11.9. The summed E-state index contributed by atoms with van der Waals surface area (Å²) in [7, 11) is 1.62. The van der Waals surface area contributed by atoms with E-state index >= 15 is 0 Å². The first kappa shape index (κ1) is 27.4. The predicted octanol–water partition coefficient (Wildman–Crippen LogP) is 1.23. The smallest absolute Gasteiger partial charge is 0.137 e. The Labute approximate surface area is 209 Å². The van der Waals surface area contributed by atoms with Gasteiger partial charge in [-0.05, 0) is 63.1 Å². The van der Waals surface area contributed by atoms with Gasteiger partial charge >= 0.3 is 0 Å². The average molecular weight is 580 g/mol. The van der Waals surface area contributed by atoms with Crippen molar-refractivity contribution in [3.05, 3.63) is 46.0 Å². The molecule has 0 spiro atoms. The van der Waals surface area contributed by atoms with E-state index in [1.165, 1.54) is 11.1 Å². The molecule has 1 saturated heterocycles. The lowest BCUT2D eigenvalue weighted by Gasteiger charge is -2.47. The highest BCUT2D eigenvalue weighted by Crippen LogP contribution is 2.54. The number of methoxy groups -OCH3 is 1. The lowest BCUT2D eigenvalue weighted by atomic mass is 9.66. The first-order valence-electron chi connectivity index (χ1n) is 10.7. The largest absolute Gasteiger partial charge is 1.00 e. The molecule has 3 rings (SSSR count). The van der Waals surface area contributed by atoms with Gasteiger partial charge in [-0.1, -0.05) is 39.7 Å². The lowest BCUT2D eigenvalue weighted by Crippen LogP contribution is -3.00. The molecule has 2 aliphatic rings. The number of ether oxygens (including phenoxy) is 2. The molecule has 7 atom stereocenters. The molecule has 1 saturated carbocycles. The molecule has 1 aliphatic heterocycles. The van der Waals surface area contributed by atoms with Crippen molar-refractivity contribution in [2.24, 2.45) is 5.92 Å². The van der Waals surface area contributed by atoms with E-state index in [1.54, 1.807) is 7.11 Å². The minimum atomic E-state index is -0.915. The summed E-state index contributed by atoms with van der Waals surface area (Å²) in [4.78, 5) is 0. The van der Waals surface area contributed by atoms with E-state index in [0.717, 1.165) is 16.6 Å². The summed E-state index contributed by atoms with van der Waals surface area (Å²) < 4.78 is 13.0. The molecule has 1 heterocycles. The topological polar surface area (TPSA) is 62.2 Å². The lowest BCUT2D eigenvalue weighted by molar-refractivity contribution is -0.169. The second-order valence-corrected chi connectivity index (χ2v) is 12.4. The highest BCUT2D eigenvalue weighted by molar-refractivity contribution is 9.10. The van der Waals surface area contributed by atoms with Crippen molar-refractivity contribution in [3.8, 4) is 0 Å². The predicted molar refractivity (Wildman–Crippen MR) is 128 cm³/mol. The van der Waals surface area contributed by atoms with Crippen LogP contribution >= 0.6 is 15.9 Å². The molecule has 1 aromatic carbocycles. The second kappa shape index (κ2) is 11.0. The van der Waals surface area contributed by atoms with Gasteiger partial charge in [-0.3, -0.25) is 0 Å². The minimum Gasteiger partial charge on any atom is -1.00 e. The fourth-order valence-electron chi connectivity index (χ4n) is 5.07. The minimum absolute atomic E-state index is 0. The molecule has 31 heavy (non-hydrogen) atoms. The van der Waals surface area contributed by atoms with Crippen molar-refractivity contribution in [1.29, 1.82) is 0 Å². The summed E-state index contributed by atoms with van der Waals surface area (Å²) in [5.74, 6) is 1.37. The Morgan fingerprint density at radius 2 is 1.97 bits per heavy atom. The average Bonchev–Trinajstić information content (AvgIpc) is 3.34. The Morgan fingerprint density at radius 3 is 2.55 bits per heavy atom. The molecule has 2 N–H and O–H groups in total. The zero-order valence-electron chi connectivity index (χ0n) is 19.1.